The molecule has 3 atom stereocenters. The Bertz CT molecular complexity index is 1370. The number of hydrogen-bond donors (Lipinski definition) is 1. The van der Waals surface area contributed by atoms with Gasteiger partial charge in [0.25, 0.3) is 6.01 Å². The van der Waals surface area contributed by atoms with Gasteiger partial charge in [-0.15, -0.1) is 0 Å². The molecule has 2 saturated heterocycles. The van der Waals surface area contributed by atoms with Crippen LogP contribution in [0.4, 0.5) is 0 Å². The maximum Gasteiger partial charge on any atom is 0.296 e. The first-order chi connectivity index (χ1) is 17.1. The Kier molecular flexibility index (Phi) is 5.72. The summed E-state index contributed by atoms with van der Waals surface area (Å²) in [5.74, 6) is 1.37. The first-order valence-electron chi connectivity index (χ1n) is 11.4. The molecule has 1 N–H and O–H groups in total. The van der Waals surface area contributed by atoms with Crippen molar-refractivity contribution in [2.24, 2.45) is 0 Å². The molecule has 2 aliphatic heterocycles. The van der Waals surface area contributed by atoms with Crippen LogP contribution in [0.3, 0.4) is 0 Å². The maximum atomic E-state index is 6.60. The summed E-state index contributed by atoms with van der Waals surface area (Å²) < 4.78 is 28.3. The van der Waals surface area contributed by atoms with E-state index in [-0.39, 0.29) is 18.3 Å². The monoisotopic (exact) mass is 493 g/mol. The summed E-state index contributed by atoms with van der Waals surface area (Å²) in [6.07, 6.45) is 0.753. The molecule has 6 rings (SSSR count). The summed E-state index contributed by atoms with van der Waals surface area (Å²) in [6, 6.07) is 16.1. The number of H-pyrrole nitrogens is 1. The molecule has 0 radical (unpaired) electrons. The number of hydrogen-bond acceptors (Lipinski definition) is 7. The van der Waals surface area contributed by atoms with Gasteiger partial charge in [-0.1, -0.05) is 41.9 Å². The molecule has 0 spiro atoms. The molecule has 9 heteroatoms. The Hall–Kier alpha value is -3.33. The standard InChI is InChI=1S/C26H24ClN3O5/c1-31-19-8-7-16(11-21(19)32-2)14-3-5-15(6-4-14)23-17(27)12-18-25(29-23)30-26(28-18)35-22-13-34-20-9-10-33-24(20)22/h3-8,11-12,20,22,24H,9-10,13H2,1-2H3,(H,28,29,30)/t20-,22-,24+/m1/s1. The lowest BCUT2D eigenvalue weighted by Crippen LogP contribution is -2.32. The molecule has 2 aliphatic rings. The molecule has 0 saturated carbocycles. The van der Waals surface area contributed by atoms with Crippen molar-refractivity contribution in [2.45, 2.75) is 24.7 Å². The van der Waals surface area contributed by atoms with Crippen molar-refractivity contribution < 1.29 is 23.7 Å². The number of nitrogens with zero attached hydrogens (tertiary/aromatic N) is 2. The second kappa shape index (κ2) is 9.03. The number of nitrogens with one attached hydrogen (secondary N) is 1. The van der Waals surface area contributed by atoms with Gasteiger partial charge in [-0.05, 0) is 35.7 Å². The van der Waals surface area contributed by atoms with Gasteiger partial charge in [-0.3, -0.25) is 0 Å². The van der Waals surface area contributed by atoms with E-state index in [9.17, 15) is 0 Å². The van der Waals surface area contributed by atoms with Crippen LogP contribution in [-0.4, -0.2) is 60.7 Å². The van der Waals surface area contributed by atoms with Crippen molar-refractivity contribution in [1.82, 2.24) is 15.0 Å². The third kappa shape index (κ3) is 4.07. The van der Waals surface area contributed by atoms with E-state index >= 15 is 0 Å². The number of pyridine rings is 1. The Morgan fingerprint density at radius 3 is 2.49 bits per heavy atom. The summed E-state index contributed by atoms with van der Waals surface area (Å²) in [7, 11) is 3.25. The quantitative estimate of drug-likeness (QED) is 0.409. The highest BCUT2D eigenvalue weighted by Gasteiger charge is 2.43. The number of ether oxygens (including phenoxy) is 5. The molecule has 2 aromatic carbocycles. The van der Waals surface area contributed by atoms with Crippen molar-refractivity contribution in [1.29, 1.82) is 0 Å². The molecule has 2 aromatic heterocycles. The van der Waals surface area contributed by atoms with E-state index in [2.05, 4.69) is 9.97 Å². The van der Waals surface area contributed by atoms with E-state index < -0.39 is 0 Å². The van der Waals surface area contributed by atoms with Crippen molar-refractivity contribution in [3.05, 3.63) is 53.6 Å². The predicted octanol–water partition coefficient (Wildman–Crippen LogP) is 4.90. The molecular weight excluding hydrogens is 470 g/mol. The lowest BCUT2D eigenvalue weighted by Gasteiger charge is -2.15. The predicted molar refractivity (Wildman–Crippen MR) is 131 cm³/mol. The van der Waals surface area contributed by atoms with Crippen molar-refractivity contribution >= 4 is 22.8 Å². The minimum atomic E-state index is -0.192. The zero-order valence-corrected chi connectivity index (χ0v) is 20.0. The Labute approximate surface area is 207 Å². The van der Waals surface area contributed by atoms with Gasteiger partial charge >= 0.3 is 0 Å². The first-order valence-corrected chi connectivity index (χ1v) is 11.8. The topological polar surface area (TPSA) is 87.7 Å². The molecule has 0 bridgehead atoms. The van der Waals surface area contributed by atoms with Crippen LogP contribution in [-0.2, 0) is 9.47 Å². The number of fused-ring (bicyclic) bond motifs is 2. The highest BCUT2D eigenvalue weighted by molar-refractivity contribution is 6.33. The van der Waals surface area contributed by atoms with Crippen molar-refractivity contribution in [2.75, 3.05) is 27.4 Å². The maximum absolute atomic E-state index is 6.60. The number of benzene rings is 2. The molecule has 180 valence electrons. The molecule has 0 aliphatic carbocycles. The third-order valence-electron chi connectivity index (χ3n) is 6.46. The fourth-order valence-electron chi connectivity index (χ4n) is 4.66. The molecule has 2 fully saturated rings. The summed E-state index contributed by atoms with van der Waals surface area (Å²) >= 11 is 6.60. The van der Waals surface area contributed by atoms with Gasteiger partial charge < -0.3 is 28.7 Å². The molecule has 4 aromatic rings. The van der Waals surface area contributed by atoms with E-state index in [0.29, 0.717) is 52.6 Å². The lowest BCUT2D eigenvalue weighted by molar-refractivity contribution is 0.0273. The zero-order chi connectivity index (χ0) is 23.9. The molecule has 8 nitrogen and oxygen atoms in total. The van der Waals surface area contributed by atoms with E-state index in [4.69, 9.17) is 40.3 Å². The SMILES string of the molecule is COc1ccc(-c2ccc(-c3nc4nc(O[C@@H]5CO[C@@H]6CCO[C@@H]65)[nH]c4cc3Cl)cc2)cc1OC. The van der Waals surface area contributed by atoms with Crippen LogP contribution in [0.2, 0.25) is 5.02 Å². The minimum Gasteiger partial charge on any atom is -0.493 e. The number of rotatable bonds is 6. The van der Waals surface area contributed by atoms with Crippen LogP contribution in [0.15, 0.2) is 48.5 Å². The van der Waals surface area contributed by atoms with Crippen LogP contribution in [0.1, 0.15) is 6.42 Å². The number of aromatic amines is 1. The van der Waals surface area contributed by atoms with Gasteiger partial charge in [0.15, 0.2) is 23.3 Å². The van der Waals surface area contributed by atoms with Gasteiger partial charge in [0.1, 0.15) is 6.10 Å². The largest absolute Gasteiger partial charge is 0.493 e. The van der Waals surface area contributed by atoms with Gasteiger partial charge in [0.05, 0.1) is 43.2 Å². The highest BCUT2D eigenvalue weighted by atomic mass is 35.5. The van der Waals surface area contributed by atoms with Gasteiger partial charge in [0, 0.05) is 12.2 Å². The molecule has 0 amide bonds. The highest BCUT2D eigenvalue weighted by Crippen LogP contribution is 2.35. The minimum absolute atomic E-state index is 0.0560. The second-order valence-electron chi connectivity index (χ2n) is 8.53. The third-order valence-corrected chi connectivity index (χ3v) is 6.75. The second-order valence-corrected chi connectivity index (χ2v) is 8.94. The van der Waals surface area contributed by atoms with E-state index in [0.717, 1.165) is 23.1 Å². The van der Waals surface area contributed by atoms with Crippen LogP contribution < -0.4 is 14.2 Å². The van der Waals surface area contributed by atoms with Crippen molar-refractivity contribution in [3.8, 4) is 39.9 Å². The zero-order valence-electron chi connectivity index (χ0n) is 19.3. The molecule has 4 heterocycles. The average Bonchev–Trinajstić information content (AvgIpc) is 3.60. The summed E-state index contributed by atoms with van der Waals surface area (Å²) in [4.78, 5) is 12.4. The fourth-order valence-corrected chi connectivity index (χ4v) is 4.93. The fraction of sp³-hybridized carbons (Fsp3) is 0.308. The Morgan fingerprint density at radius 2 is 1.69 bits per heavy atom. The van der Waals surface area contributed by atoms with Crippen molar-refractivity contribution in [3.63, 3.8) is 0 Å². The molecular formula is C26H24ClN3O5. The number of methoxy groups -OCH3 is 2. The molecule has 35 heavy (non-hydrogen) atoms. The number of halogens is 1. The summed E-state index contributed by atoms with van der Waals surface area (Å²) in [5.41, 5.74) is 4.83. The summed E-state index contributed by atoms with van der Waals surface area (Å²) in [5, 5.41) is 0.523. The average molecular weight is 494 g/mol. The van der Waals surface area contributed by atoms with Gasteiger partial charge in [0.2, 0.25) is 0 Å². The first kappa shape index (κ1) is 22.2. The Morgan fingerprint density at radius 1 is 0.914 bits per heavy atom. The van der Waals surface area contributed by atoms with Crippen LogP contribution in [0, 0.1) is 0 Å². The molecule has 0 unspecified atom stereocenters. The van der Waals surface area contributed by atoms with Gasteiger partial charge in [-0.2, -0.15) is 4.98 Å². The normalized spacial score (nSPS) is 21.3. The Balaban J connectivity index is 1.25. The van der Waals surface area contributed by atoms with E-state index in [1.807, 2.05) is 48.5 Å². The van der Waals surface area contributed by atoms with Gasteiger partial charge in [-0.25, -0.2) is 4.98 Å². The lowest BCUT2D eigenvalue weighted by atomic mass is 10.0. The van der Waals surface area contributed by atoms with E-state index in [1.165, 1.54) is 0 Å². The number of imidazole rings is 1. The van der Waals surface area contributed by atoms with Crippen LogP contribution in [0.25, 0.3) is 33.5 Å². The van der Waals surface area contributed by atoms with Crippen LogP contribution >= 0.6 is 11.6 Å². The summed E-state index contributed by atoms with van der Waals surface area (Å²) in [6.45, 7) is 1.18. The van der Waals surface area contributed by atoms with Crippen LogP contribution in [0.5, 0.6) is 17.5 Å². The van der Waals surface area contributed by atoms with E-state index in [1.54, 1.807) is 14.2 Å². The number of aromatic nitrogens is 3. The smallest absolute Gasteiger partial charge is 0.296 e.